The van der Waals surface area contributed by atoms with Crippen LogP contribution in [0.2, 0.25) is 0 Å². The van der Waals surface area contributed by atoms with Crippen LogP contribution in [0.1, 0.15) is 34.6 Å². The van der Waals surface area contributed by atoms with E-state index in [9.17, 15) is 50.4 Å². The van der Waals surface area contributed by atoms with Crippen molar-refractivity contribution in [1.82, 2.24) is 0 Å². The average molecular weight is 562 g/mol. The molecule has 0 unspecified atom stereocenters. The topological polar surface area (TPSA) is 0 Å². The molecular formula is C16H21CoF12P2. The Morgan fingerprint density at radius 3 is 0.484 bits per heavy atom. The summed E-state index contributed by atoms with van der Waals surface area (Å²) in [5.41, 5.74) is 0. The fourth-order valence-corrected chi connectivity index (χ4v) is 1.79. The third-order valence-electron chi connectivity index (χ3n) is 3.48. The van der Waals surface area contributed by atoms with Crippen molar-refractivity contribution >= 4 is 15.6 Å². The monoisotopic (exact) mass is 562 g/mol. The minimum atomic E-state index is -10.7. The molecule has 0 nitrogen and oxygen atoms in total. The van der Waals surface area contributed by atoms with Gasteiger partial charge in [0.25, 0.3) is 0 Å². The minimum absolute atomic E-state index is 0. The molecule has 2 saturated carbocycles. The zero-order chi connectivity index (χ0) is 24.9. The van der Waals surface area contributed by atoms with Crippen molar-refractivity contribution in [2.75, 3.05) is 0 Å². The largest absolute Gasteiger partial charge is 2.00 e. The first-order valence-electron chi connectivity index (χ1n) is 7.78. The van der Waals surface area contributed by atoms with E-state index in [1.54, 1.807) is 0 Å². The number of hydrogen-bond acceptors (Lipinski definition) is 0. The molecule has 0 N–H and O–H groups in total. The van der Waals surface area contributed by atoms with Crippen LogP contribution in [0.4, 0.5) is 50.4 Å². The maximum Gasteiger partial charge on any atom is 2.00 e. The summed E-state index contributed by atoms with van der Waals surface area (Å²) in [6, 6.07) is 0. The van der Waals surface area contributed by atoms with Gasteiger partial charge < -0.3 is 0 Å². The molecule has 2 aliphatic carbocycles. The predicted molar refractivity (Wildman–Crippen MR) is 97.5 cm³/mol. The normalized spacial score (nSPS) is 24.3. The summed E-state index contributed by atoms with van der Waals surface area (Å²) >= 11 is 0. The summed E-state index contributed by atoms with van der Waals surface area (Å²) in [5.74, 6) is 7.34. The van der Waals surface area contributed by atoms with E-state index in [0.29, 0.717) is 0 Å². The zero-order valence-corrected chi connectivity index (χ0v) is 19.6. The van der Waals surface area contributed by atoms with Gasteiger partial charge in [-0.25, -0.2) is 0 Å². The SMILES string of the molecule is C[C]1[C](C)[C](C)[C](C)[C]1C.F[P-](F)(F)(F)(F)F.F[P-](F)(F)(F)(F)F.[CH]1[CH][CH][CH][CH][CH]1.[Co+2]. The van der Waals surface area contributed by atoms with Gasteiger partial charge in [0.2, 0.25) is 0 Å². The van der Waals surface area contributed by atoms with Crippen LogP contribution in [0.5, 0.6) is 0 Å². The van der Waals surface area contributed by atoms with Gasteiger partial charge >= 0.3 is 82.8 Å². The Morgan fingerprint density at radius 1 is 0.355 bits per heavy atom. The van der Waals surface area contributed by atoms with Gasteiger partial charge in [-0.2, -0.15) is 0 Å². The van der Waals surface area contributed by atoms with Crippen molar-refractivity contribution in [3.8, 4) is 0 Å². The molecule has 2 rings (SSSR count). The van der Waals surface area contributed by atoms with Crippen molar-refractivity contribution in [1.29, 1.82) is 0 Å². The molecule has 31 heavy (non-hydrogen) atoms. The summed E-state index contributed by atoms with van der Waals surface area (Å²) in [4.78, 5) is 0. The molecule has 12 radical (unpaired) electrons. The van der Waals surface area contributed by atoms with E-state index in [1.165, 1.54) is 29.6 Å². The smallest absolute Gasteiger partial charge is 0.0312 e. The van der Waals surface area contributed by atoms with Crippen LogP contribution in [0.25, 0.3) is 0 Å². The van der Waals surface area contributed by atoms with Gasteiger partial charge in [0.15, 0.2) is 0 Å². The van der Waals surface area contributed by atoms with Crippen LogP contribution in [0.3, 0.4) is 0 Å². The molecule has 0 aromatic carbocycles. The van der Waals surface area contributed by atoms with Crippen LogP contribution in [-0.2, 0) is 16.8 Å². The molecule has 15 heteroatoms. The van der Waals surface area contributed by atoms with Crippen molar-refractivity contribution < 1.29 is 67.1 Å². The maximum absolute atomic E-state index is 10.7. The Labute approximate surface area is 186 Å². The summed E-state index contributed by atoms with van der Waals surface area (Å²) in [5, 5.41) is 0. The Morgan fingerprint density at radius 2 is 0.419 bits per heavy atom. The molecule has 0 aliphatic heterocycles. The molecular weight excluding hydrogens is 541 g/mol. The van der Waals surface area contributed by atoms with Gasteiger partial charge in [-0.3, -0.25) is 0 Å². The van der Waals surface area contributed by atoms with Crippen LogP contribution in [0, 0.1) is 68.1 Å². The van der Waals surface area contributed by atoms with E-state index >= 15 is 0 Å². The van der Waals surface area contributed by atoms with E-state index in [1.807, 2.05) is 38.5 Å². The van der Waals surface area contributed by atoms with Crippen molar-refractivity contribution in [2.45, 2.75) is 34.6 Å². The second-order valence-corrected chi connectivity index (χ2v) is 10.0. The van der Waals surface area contributed by atoms with E-state index in [2.05, 4.69) is 34.6 Å². The van der Waals surface area contributed by atoms with Crippen LogP contribution >= 0.6 is 15.6 Å². The van der Waals surface area contributed by atoms with E-state index in [-0.39, 0.29) is 16.8 Å². The molecule has 0 aromatic heterocycles. The van der Waals surface area contributed by atoms with E-state index < -0.39 is 15.6 Å². The third-order valence-corrected chi connectivity index (χ3v) is 3.48. The fraction of sp³-hybridized carbons (Fsp3) is 0.312. The summed E-state index contributed by atoms with van der Waals surface area (Å²) in [6.45, 7) is 11.0. The molecule has 2 aliphatic rings. The first kappa shape index (κ1) is 36.1. The van der Waals surface area contributed by atoms with Crippen molar-refractivity contribution in [3.05, 3.63) is 68.1 Å². The Kier molecular flexibility index (Phi) is 11.7. The molecule has 0 atom stereocenters. The van der Waals surface area contributed by atoms with Crippen molar-refractivity contribution in [3.63, 3.8) is 0 Å². The molecule has 0 aromatic rings. The molecule has 0 saturated heterocycles. The number of halogens is 12. The number of rotatable bonds is 0. The molecule has 188 valence electrons. The van der Waals surface area contributed by atoms with Gasteiger partial charge in [-0.15, -0.1) is 0 Å². The van der Waals surface area contributed by atoms with E-state index in [4.69, 9.17) is 0 Å². The molecule has 0 bridgehead atoms. The second-order valence-electron chi connectivity index (χ2n) is 6.20. The first-order valence-corrected chi connectivity index (χ1v) is 11.8. The van der Waals surface area contributed by atoms with Crippen molar-refractivity contribution in [2.24, 2.45) is 0 Å². The van der Waals surface area contributed by atoms with Crippen LogP contribution < -0.4 is 0 Å². The second kappa shape index (κ2) is 10.0. The Balaban J connectivity index is -0.000000341. The fourth-order valence-electron chi connectivity index (χ4n) is 1.79. The summed E-state index contributed by atoms with van der Waals surface area (Å²) in [6.07, 6.45) is 12.0. The first-order chi connectivity index (χ1) is 12.5. The Bertz CT molecular complexity index is 416. The number of hydrogen-bond donors (Lipinski definition) is 0. The third kappa shape index (κ3) is 35.3. The molecule has 0 spiro atoms. The average Bonchev–Trinajstić information content (AvgIpc) is 2.61. The zero-order valence-electron chi connectivity index (χ0n) is 16.7. The van der Waals surface area contributed by atoms with Crippen LogP contribution in [-0.4, -0.2) is 0 Å². The van der Waals surface area contributed by atoms with Gasteiger partial charge in [-0.1, -0.05) is 34.6 Å². The standard InChI is InChI=1S/C10H15.C6H6.Co.2F6P/c1-6-7(2)9(4)10(5)8(6)3;1-2-4-6-5-3-1;;2*1-7(2,3,4,5)6/h1-5H3;1-6H;;;/q;;+2;2*-1. The minimum Gasteiger partial charge on any atom is -0.0312 e. The maximum atomic E-state index is 9.87. The van der Waals surface area contributed by atoms with Gasteiger partial charge in [0.1, 0.15) is 0 Å². The summed E-state index contributed by atoms with van der Waals surface area (Å²) in [7, 11) is -21.3. The van der Waals surface area contributed by atoms with E-state index in [0.717, 1.165) is 0 Å². The van der Waals surface area contributed by atoms with Gasteiger partial charge in [-0.05, 0) is 68.1 Å². The Hall–Kier alpha value is 0.526. The summed E-state index contributed by atoms with van der Waals surface area (Å²) < 4.78 is 118. The van der Waals surface area contributed by atoms with Gasteiger partial charge in [0.05, 0.1) is 0 Å². The van der Waals surface area contributed by atoms with Gasteiger partial charge in [0, 0.05) is 0 Å². The molecule has 2 fully saturated rings. The predicted octanol–water partition coefficient (Wildman–Crippen LogP) is 11.0. The molecule has 0 amide bonds. The van der Waals surface area contributed by atoms with Crippen LogP contribution in [0.15, 0.2) is 0 Å². The molecule has 0 heterocycles. The quantitative estimate of drug-likeness (QED) is 0.204.